The van der Waals surface area contributed by atoms with Crippen LogP contribution in [0.1, 0.15) is 23.7 Å². The summed E-state index contributed by atoms with van der Waals surface area (Å²) < 4.78 is 5.48. The van der Waals surface area contributed by atoms with Gasteiger partial charge in [-0.2, -0.15) is 0 Å². The molecule has 0 radical (unpaired) electrons. The van der Waals surface area contributed by atoms with Crippen LogP contribution in [0.5, 0.6) is 0 Å². The summed E-state index contributed by atoms with van der Waals surface area (Å²) in [7, 11) is 0. The minimum Gasteiger partial charge on any atom is -0.466 e. The summed E-state index contributed by atoms with van der Waals surface area (Å²) in [6.07, 6.45) is 0.154. The summed E-state index contributed by atoms with van der Waals surface area (Å²) in [6, 6.07) is 4.91. The van der Waals surface area contributed by atoms with Crippen LogP contribution in [0.3, 0.4) is 0 Å². The van der Waals surface area contributed by atoms with Gasteiger partial charge in [-0.05, 0) is 25.1 Å². The summed E-state index contributed by atoms with van der Waals surface area (Å²) in [5, 5.41) is 3.10. The molecule has 1 N–H and O–H groups in total. The Labute approximate surface area is 119 Å². The number of amides is 1. The van der Waals surface area contributed by atoms with Gasteiger partial charge in [-0.1, -0.05) is 27.5 Å². The molecule has 0 saturated heterocycles. The molecule has 0 aliphatic rings. The molecule has 0 saturated carbocycles. The number of nitrogens with one attached hydrogen (secondary N) is 1. The number of benzene rings is 1. The molecule has 1 aromatic rings. The van der Waals surface area contributed by atoms with Gasteiger partial charge in [0.2, 0.25) is 0 Å². The van der Waals surface area contributed by atoms with E-state index in [0.29, 0.717) is 17.2 Å². The second kappa shape index (κ2) is 7.38. The van der Waals surface area contributed by atoms with Gasteiger partial charge < -0.3 is 10.1 Å². The monoisotopic (exact) mass is 333 g/mol. The first-order valence-corrected chi connectivity index (χ1v) is 6.60. The van der Waals surface area contributed by atoms with Crippen LogP contribution in [0, 0.1) is 0 Å². The molecule has 1 amide bonds. The molecule has 1 rings (SSSR count). The first-order chi connectivity index (χ1) is 8.52. The Hall–Kier alpha value is -1.07. The Bertz CT molecular complexity index is 431. The van der Waals surface area contributed by atoms with Crippen molar-refractivity contribution in [3.05, 3.63) is 33.3 Å². The number of hydrogen-bond donors (Lipinski definition) is 1. The lowest BCUT2D eigenvalue weighted by Crippen LogP contribution is -2.26. The van der Waals surface area contributed by atoms with E-state index in [4.69, 9.17) is 16.3 Å². The molecule has 0 atom stereocenters. The van der Waals surface area contributed by atoms with E-state index in [2.05, 4.69) is 21.2 Å². The Morgan fingerprint density at radius 1 is 1.39 bits per heavy atom. The fourth-order valence-electron chi connectivity index (χ4n) is 1.30. The van der Waals surface area contributed by atoms with Crippen molar-refractivity contribution in [1.82, 2.24) is 5.32 Å². The van der Waals surface area contributed by atoms with Crippen LogP contribution in [-0.2, 0) is 9.53 Å². The summed E-state index contributed by atoms with van der Waals surface area (Å²) in [4.78, 5) is 22.8. The third kappa shape index (κ3) is 5.06. The maximum Gasteiger partial charge on any atom is 0.307 e. The van der Waals surface area contributed by atoms with Crippen LogP contribution in [0.4, 0.5) is 0 Å². The summed E-state index contributed by atoms with van der Waals surface area (Å²) >= 11 is 9.09. The van der Waals surface area contributed by atoms with Crippen LogP contribution in [-0.4, -0.2) is 25.0 Å². The second-order valence-electron chi connectivity index (χ2n) is 3.47. The quantitative estimate of drug-likeness (QED) is 0.842. The number of esters is 1. The highest BCUT2D eigenvalue weighted by Gasteiger charge is 2.08. The number of rotatable bonds is 5. The average Bonchev–Trinajstić information content (AvgIpc) is 2.27. The predicted molar refractivity (Wildman–Crippen MR) is 72.7 cm³/mol. The van der Waals surface area contributed by atoms with Gasteiger partial charge in [0.15, 0.2) is 0 Å². The molecule has 0 aromatic heterocycles. The molecule has 1 aromatic carbocycles. The lowest BCUT2D eigenvalue weighted by molar-refractivity contribution is -0.142. The van der Waals surface area contributed by atoms with Crippen molar-refractivity contribution in [2.24, 2.45) is 0 Å². The van der Waals surface area contributed by atoms with Gasteiger partial charge in [0.1, 0.15) is 0 Å². The zero-order valence-electron chi connectivity index (χ0n) is 9.83. The van der Waals surface area contributed by atoms with E-state index in [0.717, 1.165) is 4.47 Å². The SMILES string of the molecule is CCOC(=O)CCNC(=O)c1cc(Cl)cc(Br)c1. The Morgan fingerprint density at radius 3 is 2.72 bits per heavy atom. The van der Waals surface area contributed by atoms with Crippen molar-refractivity contribution in [3.63, 3.8) is 0 Å². The van der Waals surface area contributed by atoms with Gasteiger partial charge in [0.05, 0.1) is 13.0 Å². The number of ether oxygens (including phenoxy) is 1. The molecule has 0 heterocycles. The van der Waals surface area contributed by atoms with Crippen LogP contribution >= 0.6 is 27.5 Å². The van der Waals surface area contributed by atoms with Crippen molar-refractivity contribution in [2.45, 2.75) is 13.3 Å². The van der Waals surface area contributed by atoms with Crippen LogP contribution in [0.2, 0.25) is 5.02 Å². The molecule has 0 aliphatic heterocycles. The van der Waals surface area contributed by atoms with Crippen molar-refractivity contribution in [3.8, 4) is 0 Å². The molecule has 98 valence electrons. The van der Waals surface area contributed by atoms with Crippen LogP contribution in [0.15, 0.2) is 22.7 Å². The minimum absolute atomic E-state index is 0.154. The zero-order valence-corrected chi connectivity index (χ0v) is 12.2. The van der Waals surface area contributed by atoms with Crippen molar-refractivity contribution in [2.75, 3.05) is 13.2 Å². The molecule has 0 bridgehead atoms. The van der Waals surface area contributed by atoms with E-state index in [1.807, 2.05) is 0 Å². The number of carbonyl (C=O) groups excluding carboxylic acids is 2. The molecule has 0 aliphatic carbocycles. The van der Waals surface area contributed by atoms with Gasteiger partial charge in [-0.3, -0.25) is 9.59 Å². The first kappa shape index (κ1) is 15.0. The van der Waals surface area contributed by atoms with Gasteiger partial charge in [-0.25, -0.2) is 0 Å². The van der Waals surface area contributed by atoms with Crippen LogP contribution in [0.25, 0.3) is 0 Å². The maximum absolute atomic E-state index is 11.7. The normalized spacial score (nSPS) is 9.94. The second-order valence-corrected chi connectivity index (χ2v) is 4.82. The topological polar surface area (TPSA) is 55.4 Å². The Balaban J connectivity index is 2.48. The Morgan fingerprint density at radius 2 is 2.11 bits per heavy atom. The molecule has 0 spiro atoms. The largest absolute Gasteiger partial charge is 0.466 e. The standard InChI is InChI=1S/C12H13BrClNO3/c1-2-18-11(16)3-4-15-12(17)8-5-9(13)7-10(14)6-8/h5-7H,2-4H2,1H3,(H,15,17). The summed E-state index contributed by atoms with van der Waals surface area (Å²) in [5.41, 5.74) is 0.443. The van der Waals surface area contributed by atoms with Gasteiger partial charge >= 0.3 is 5.97 Å². The number of halogens is 2. The third-order valence-corrected chi connectivity index (χ3v) is 2.72. The van der Waals surface area contributed by atoms with E-state index in [1.54, 1.807) is 25.1 Å². The predicted octanol–water partition coefficient (Wildman–Crippen LogP) is 2.79. The molecule has 0 fully saturated rings. The van der Waals surface area contributed by atoms with E-state index in [-0.39, 0.29) is 24.8 Å². The number of carbonyl (C=O) groups is 2. The summed E-state index contributed by atoms with van der Waals surface area (Å²) in [6.45, 7) is 2.32. The fraction of sp³-hybridized carbons (Fsp3) is 0.333. The molecule has 0 unspecified atom stereocenters. The van der Waals surface area contributed by atoms with E-state index >= 15 is 0 Å². The maximum atomic E-state index is 11.7. The van der Waals surface area contributed by atoms with E-state index in [1.165, 1.54) is 0 Å². The van der Waals surface area contributed by atoms with E-state index in [9.17, 15) is 9.59 Å². The van der Waals surface area contributed by atoms with E-state index < -0.39 is 0 Å². The van der Waals surface area contributed by atoms with Gasteiger partial charge in [0, 0.05) is 21.6 Å². The Kier molecular flexibility index (Phi) is 6.15. The lowest BCUT2D eigenvalue weighted by Gasteiger charge is -2.06. The first-order valence-electron chi connectivity index (χ1n) is 5.43. The summed E-state index contributed by atoms with van der Waals surface area (Å²) in [5.74, 6) is -0.604. The van der Waals surface area contributed by atoms with Crippen molar-refractivity contribution in [1.29, 1.82) is 0 Å². The molecule has 6 heteroatoms. The highest BCUT2D eigenvalue weighted by molar-refractivity contribution is 9.10. The minimum atomic E-state index is -0.329. The van der Waals surface area contributed by atoms with Gasteiger partial charge in [0.25, 0.3) is 5.91 Å². The van der Waals surface area contributed by atoms with Crippen molar-refractivity contribution >= 4 is 39.4 Å². The number of hydrogen-bond acceptors (Lipinski definition) is 3. The molecular weight excluding hydrogens is 321 g/mol. The average molecular weight is 335 g/mol. The fourth-order valence-corrected chi connectivity index (χ4v) is 2.16. The molecule has 18 heavy (non-hydrogen) atoms. The van der Waals surface area contributed by atoms with Crippen LogP contribution < -0.4 is 5.32 Å². The smallest absolute Gasteiger partial charge is 0.307 e. The highest BCUT2D eigenvalue weighted by Crippen LogP contribution is 2.19. The van der Waals surface area contributed by atoms with Gasteiger partial charge in [-0.15, -0.1) is 0 Å². The molecule has 4 nitrogen and oxygen atoms in total. The van der Waals surface area contributed by atoms with Crippen molar-refractivity contribution < 1.29 is 14.3 Å². The lowest BCUT2D eigenvalue weighted by atomic mass is 10.2. The molecular formula is C12H13BrClNO3. The third-order valence-electron chi connectivity index (χ3n) is 2.04. The zero-order chi connectivity index (χ0) is 13.5. The highest BCUT2D eigenvalue weighted by atomic mass is 79.9.